The number of rotatable bonds is 6. The number of nitrogens with zero attached hydrogens (tertiary/aromatic N) is 2. The summed E-state index contributed by atoms with van der Waals surface area (Å²) in [6.45, 7) is 1.85. The molecule has 1 amide bonds. The standard InChI is InChI=1S/C21H20N4O2/c1-14-13-19(25-21(22-14)24-16-7-8-16)20(26)23-15-9-11-18(12-10-15)27-17-5-3-2-4-6-17/h2-6,9-13,16H,7-8H2,1H3,(H,23,26)(H,22,24,25). The summed E-state index contributed by atoms with van der Waals surface area (Å²) in [5, 5.41) is 6.09. The highest BCUT2D eigenvalue weighted by Gasteiger charge is 2.22. The molecule has 2 aromatic carbocycles. The van der Waals surface area contributed by atoms with Gasteiger partial charge in [0, 0.05) is 17.4 Å². The highest BCUT2D eigenvalue weighted by molar-refractivity contribution is 6.03. The van der Waals surface area contributed by atoms with Gasteiger partial charge in [0.15, 0.2) is 0 Å². The van der Waals surface area contributed by atoms with Crippen LogP contribution in [-0.2, 0) is 0 Å². The molecule has 6 heteroatoms. The van der Waals surface area contributed by atoms with Crippen LogP contribution >= 0.6 is 0 Å². The fourth-order valence-corrected chi connectivity index (χ4v) is 2.59. The van der Waals surface area contributed by atoms with E-state index >= 15 is 0 Å². The summed E-state index contributed by atoms with van der Waals surface area (Å²) in [4.78, 5) is 21.2. The van der Waals surface area contributed by atoms with Crippen molar-refractivity contribution in [2.24, 2.45) is 0 Å². The third-order valence-electron chi connectivity index (χ3n) is 4.09. The highest BCUT2D eigenvalue weighted by Crippen LogP contribution is 2.24. The van der Waals surface area contributed by atoms with Crippen LogP contribution < -0.4 is 15.4 Å². The first-order chi connectivity index (χ1) is 13.2. The molecular weight excluding hydrogens is 340 g/mol. The van der Waals surface area contributed by atoms with Crippen LogP contribution in [0.3, 0.4) is 0 Å². The topological polar surface area (TPSA) is 76.1 Å². The number of aromatic nitrogens is 2. The maximum Gasteiger partial charge on any atom is 0.274 e. The summed E-state index contributed by atoms with van der Waals surface area (Å²) >= 11 is 0. The summed E-state index contributed by atoms with van der Waals surface area (Å²) in [7, 11) is 0. The van der Waals surface area contributed by atoms with Crippen molar-refractivity contribution < 1.29 is 9.53 Å². The Balaban J connectivity index is 1.42. The zero-order chi connectivity index (χ0) is 18.6. The normalized spacial score (nSPS) is 13.1. The molecule has 2 N–H and O–H groups in total. The number of aryl methyl sites for hydroxylation is 1. The Morgan fingerprint density at radius 3 is 2.41 bits per heavy atom. The van der Waals surface area contributed by atoms with E-state index in [4.69, 9.17) is 4.74 Å². The minimum absolute atomic E-state index is 0.268. The van der Waals surface area contributed by atoms with Crippen LogP contribution in [0.15, 0.2) is 60.7 Å². The molecule has 4 rings (SSSR count). The van der Waals surface area contributed by atoms with E-state index in [1.807, 2.05) is 49.4 Å². The Labute approximate surface area is 157 Å². The third-order valence-corrected chi connectivity index (χ3v) is 4.09. The highest BCUT2D eigenvalue weighted by atomic mass is 16.5. The molecule has 0 spiro atoms. The molecule has 0 unspecified atom stereocenters. The van der Waals surface area contributed by atoms with Gasteiger partial charge >= 0.3 is 0 Å². The predicted octanol–water partition coefficient (Wildman–Crippen LogP) is 4.40. The monoisotopic (exact) mass is 360 g/mol. The van der Waals surface area contributed by atoms with Gasteiger partial charge in [-0.3, -0.25) is 4.79 Å². The van der Waals surface area contributed by atoms with Gasteiger partial charge in [-0.25, -0.2) is 9.97 Å². The first kappa shape index (κ1) is 17.0. The minimum Gasteiger partial charge on any atom is -0.457 e. The average Bonchev–Trinajstić information content (AvgIpc) is 3.48. The molecule has 0 saturated heterocycles. The van der Waals surface area contributed by atoms with Crippen molar-refractivity contribution in [3.63, 3.8) is 0 Å². The van der Waals surface area contributed by atoms with Crippen LogP contribution in [0.5, 0.6) is 11.5 Å². The van der Waals surface area contributed by atoms with Crippen LogP contribution in [0.25, 0.3) is 0 Å². The second-order valence-corrected chi connectivity index (χ2v) is 6.53. The van der Waals surface area contributed by atoms with Crippen molar-refractivity contribution in [2.45, 2.75) is 25.8 Å². The van der Waals surface area contributed by atoms with E-state index in [1.54, 1.807) is 18.2 Å². The molecule has 1 aliphatic carbocycles. The quantitative estimate of drug-likeness (QED) is 0.681. The summed E-state index contributed by atoms with van der Waals surface area (Å²) in [5.41, 5.74) is 1.77. The van der Waals surface area contributed by atoms with Crippen molar-refractivity contribution in [1.82, 2.24) is 9.97 Å². The molecule has 1 heterocycles. The lowest BCUT2D eigenvalue weighted by atomic mass is 10.2. The number of carbonyl (C=O) groups excluding carboxylic acids is 1. The first-order valence-corrected chi connectivity index (χ1v) is 8.92. The number of hydrogen-bond donors (Lipinski definition) is 2. The zero-order valence-corrected chi connectivity index (χ0v) is 15.0. The van der Waals surface area contributed by atoms with Gasteiger partial charge in [-0.15, -0.1) is 0 Å². The molecule has 0 atom stereocenters. The van der Waals surface area contributed by atoms with E-state index < -0.39 is 0 Å². The number of anilines is 2. The van der Waals surface area contributed by atoms with Crippen molar-refractivity contribution in [3.8, 4) is 11.5 Å². The maximum atomic E-state index is 12.5. The molecule has 0 radical (unpaired) electrons. The van der Waals surface area contributed by atoms with Crippen LogP contribution in [-0.4, -0.2) is 21.9 Å². The van der Waals surface area contributed by atoms with E-state index in [-0.39, 0.29) is 5.91 Å². The van der Waals surface area contributed by atoms with Crippen LogP contribution in [0.4, 0.5) is 11.6 Å². The van der Waals surface area contributed by atoms with Gasteiger partial charge in [0.05, 0.1) is 0 Å². The van der Waals surface area contributed by atoms with E-state index in [0.717, 1.165) is 24.3 Å². The summed E-state index contributed by atoms with van der Waals surface area (Å²) in [6, 6.07) is 18.9. The molecule has 136 valence electrons. The molecule has 3 aromatic rings. The zero-order valence-electron chi connectivity index (χ0n) is 15.0. The lowest BCUT2D eigenvalue weighted by Crippen LogP contribution is -2.16. The number of amides is 1. The van der Waals surface area contributed by atoms with Gasteiger partial charge in [-0.05, 0) is 62.2 Å². The molecule has 0 aliphatic heterocycles. The third kappa shape index (κ3) is 4.61. The summed E-state index contributed by atoms with van der Waals surface area (Å²) < 4.78 is 5.76. The molecular formula is C21H20N4O2. The van der Waals surface area contributed by atoms with E-state index in [9.17, 15) is 4.79 Å². The molecule has 1 aromatic heterocycles. The number of benzene rings is 2. The molecule has 1 fully saturated rings. The number of ether oxygens (including phenoxy) is 1. The molecule has 6 nitrogen and oxygen atoms in total. The summed E-state index contributed by atoms with van der Waals surface area (Å²) in [5.74, 6) is 1.71. The van der Waals surface area contributed by atoms with E-state index in [0.29, 0.717) is 29.1 Å². The predicted molar refractivity (Wildman–Crippen MR) is 104 cm³/mol. The Hall–Kier alpha value is -3.41. The second-order valence-electron chi connectivity index (χ2n) is 6.53. The van der Waals surface area contributed by atoms with Crippen LogP contribution in [0.1, 0.15) is 29.0 Å². The van der Waals surface area contributed by atoms with Crippen molar-refractivity contribution >= 4 is 17.5 Å². The Morgan fingerprint density at radius 2 is 1.70 bits per heavy atom. The van der Waals surface area contributed by atoms with E-state index in [1.165, 1.54) is 0 Å². The lowest BCUT2D eigenvalue weighted by molar-refractivity contribution is 0.102. The largest absolute Gasteiger partial charge is 0.457 e. The SMILES string of the molecule is Cc1cc(C(=O)Nc2ccc(Oc3ccccc3)cc2)nc(NC2CC2)n1. The van der Waals surface area contributed by atoms with Crippen LogP contribution in [0.2, 0.25) is 0 Å². The van der Waals surface area contributed by atoms with Gasteiger partial charge in [-0.2, -0.15) is 0 Å². The second kappa shape index (κ2) is 7.45. The Bertz CT molecular complexity index is 938. The fourth-order valence-electron chi connectivity index (χ4n) is 2.59. The Morgan fingerprint density at radius 1 is 1.00 bits per heavy atom. The van der Waals surface area contributed by atoms with Crippen molar-refractivity contribution in [1.29, 1.82) is 0 Å². The van der Waals surface area contributed by atoms with Crippen molar-refractivity contribution in [2.75, 3.05) is 10.6 Å². The number of nitrogens with one attached hydrogen (secondary N) is 2. The van der Waals surface area contributed by atoms with E-state index in [2.05, 4.69) is 20.6 Å². The molecule has 0 bridgehead atoms. The van der Waals surface area contributed by atoms with Gasteiger partial charge in [0.1, 0.15) is 17.2 Å². The number of para-hydroxylation sites is 1. The van der Waals surface area contributed by atoms with Gasteiger partial charge in [0.2, 0.25) is 5.95 Å². The fraction of sp³-hybridized carbons (Fsp3) is 0.190. The molecule has 1 saturated carbocycles. The minimum atomic E-state index is -0.268. The first-order valence-electron chi connectivity index (χ1n) is 8.92. The van der Waals surface area contributed by atoms with Gasteiger partial charge in [-0.1, -0.05) is 18.2 Å². The maximum absolute atomic E-state index is 12.5. The number of carbonyl (C=O) groups is 1. The van der Waals surface area contributed by atoms with Crippen LogP contribution in [0, 0.1) is 6.92 Å². The molecule has 27 heavy (non-hydrogen) atoms. The Kier molecular flexibility index (Phi) is 4.70. The smallest absolute Gasteiger partial charge is 0.274 e. The van der Waals surface area contributed by atoms with Crippen molar-refractivity contribution in [3.05, 3.63) is 72.1 Å². The van der Waals surface area contributed by atoms with Gasteiger partial charge in [0.25, 0.3) is 5.91 Å². The van der Waals surface area contributed by atoms with Gasteiger partial charge < -0.3 is 15.4 Å². The average molecular weight is 360 g/mol. The summed E-state index contributed by atoms with van der Waals surface area (Å²) in [6.07, 6.45) is 2.24. The molecule has 1 aliphatic rings. The number of hydrogen-bond acceptors (Lipinski definition) is 5. The lowest BCUT2D eigenvalue weighted by Gasteiger charge is -2.09.